The van der Waals surface area contributed by atoms with Gasteiger partial charge in [-0.25, -0.2) is 0 Å². The lowest BCUT2D eigenvalue weighted by molar-refractivity contribution is -0.117. The molecule has 0 radical (unpaired) electrons. The molecule has 20 heavy (non-hydrogen) atoms. The van der Waals surface area contributed by atoms with Crippen molar-refractivity contribution in [3.05, 3.63) is 29.3 Å². The molecule has 1 heterocycles. The van der Waals surface area contributed by atoms with Crippen LogP contribution in [0.2, 0.25) is 0 Å². The van der Waals surface area contributed by atoms with Gasteiger partial charge in [0.1, 0.15) is 6.61 Å². The molecule has 0 saturated heterocycles. The third-order valence-electron chi connectivity index (χ3n) is 3.28. The fourth-order valence-electron chi connectivity index (χ4n) is 1.93. The minimum Gasteiger partial charge on any atom is -0.493 e. The predicted octanol–water partition coefficient (Wildman–Crippen LogP) is 1.20. The number of hydrogen-bond donors (Lipinski definition) is 2. The lowest BCUT2D eigenvalue weighted by Gasteiger charge is -2.20. The molecule has 0 aromatic heterocycles. The van der Waals surface area contributed by atoms with Crippen molar-refractivity contribution in [3.8, 4) is 11.5 Å². The minimum absolute atomic E-state index is 0.0967. The van der Waals surface area contributed by atoms with Crippen molar-refractivity contribution in [2.24, 2.45) is 0 Å². The Labute approximate surface area is 119 Å². The molecule has 2 rings (SSSR count). The van der Waals surface area contributed by atoms with Gasteiger partial charge in [-0.05, 0) is 26.1 Å². The van der Waals surface area contributed by atoms with E-state index in [1.165, 1.54) is 0 Å². The Bertz CT molecular complexity index is 526. The molecular weight excluding hydrogens is 256 g/mol. The molecule has 0 spiro atoms. The van der Waals surface area contributed by atoms with E-state index in [2.05, 4.69) is 10.6 Å². The Kier molecular flexibility index (Phi) is 4.63. The van der Waals surface area contributed by atoms with Gasteiger partial charge in [0, 0.05) is 18.2 Å². The van der Waals surface area contributed by atoms with Crippen LogP contribution in [0.25, 0.3) is 6.08 Å². The normalized spacial score (nSPS) is 14.7. The molecule has 1 unspecified atom stereocenters. The SMILES string of the molecule is CNC(C)CNC(=O)C1=Cc2cccc(OC)c2OC1. The van der Waals surface area contributed by atoms with Crippen LogP contribution in [-0.4, -0.2) is 39.3 Å². The Hall–Kier alpha value is -2.01. The monoisotopic (exact) mass is 276 g/mol. The second-order valence-electron chi connectivity index (χ2n) is 4.74. The van der Waals surface area contributed by atoms with Gasteiger partial charge in [0.05, 0.1) is 12.7 Å². The number of benzene rings is 1. The molecule has 1 aromatic rings. The maximum atomic E-state index is 12.1. The van der Waals surface area contributed by atoms with E-state index in [0.717, 1.165) is 5.56 Å². The quantitative estimate of drug-likeness (QED) is 0.848. The lowest BCUT2D eigenvalue weighted by atomic mass is 10.1. The first-order chi connectivity index (χ1) is 9.65. The third-order valence-corrected chi connectivity index (χ3v) is 3.28. The number of methoxy groups -OCH3 is 1. The highest BCUT2D eigenvalue weighted by Crippen LogP contribution is 2.35. The fourth-order valence-corrected chi connectivity index (χ4v) is 1.93. The number of carbonyl (C=O) groups excluding carboxylic acids is 1. The molecule has 0 saturated carbocycles. The highest BCUT2D eigenvalue weighted by Gasteiger charge is 2.19. The highest BCUT2D eigenvalue weighted by atomic mass is 16.5. The van der Waals surface area contributed by atoms with Crippen molar-refractivity contribution >= 4 is 12.0 Å². The first kappa shape index (κ1) is 14.4. The van der Waals surface area contributed by atoms with E-state index in [9.17, 15) is 4.79 Å². The largest absolute Gasteiger partial charge is 0.493 e. The number of rotatable bonds is 5. The summed E-state index contributed by atoms with van der Waals surface area (Å²) in [5, 5.41) is 5.95. The first-order valence-corrected chi connectivity index (χ1v) is 6.61. The van der Waals surface area contributed by atoms with Crippen LogP contribution >= 0.6 is 0 Å². The Morgan fingerprint density at radius 1 is 1.50 bits per heavy atom. The number of likely N-dealkylation sites (N-methyl/N-ethyl adjacent to an activating group) is 1. The molecule has 1 aliphatic heterocycles. The van der Waals surface area contributed by atoms with Crippen LogP contribution in [0, 0.1) is 0 Å². The highest BCUT2D eigenvalue weighted by molar-refractivity contribution is 5.99. The molecule has 1 aromatic carbocycles. The van der Waals surface area contributed by atoms with Gasteiger partial charge >= 0.3 is 0 Å². The van der Waals surface area contributed by atoms with Crippen LogP contribution in [0.4, 0.5) is 0 Å². The Balaban J connectivity index is 2.11. The Morgan fingerprint density at radius 2 is 2.30 bits per heavy atom. The van der Waals surface area contributed by atoms with E-state index in [-0.39, 0.29) is 18.6 Å². The van der Waals surface area contributed by atoms with E-state index in [4.69, 9.17) is 9.47 Å². The molecule has 1 aliphatic rings. The summed E-state index contributed by atoms with van der Waals surface area (Å²) in [5.74, 6) is 1.28. The van der Waals surface area contributed by atoms with Gasteiger partial charge in [0.15, 0.2) is 11.5 Å². The molecule has 0 aliphatic carbocycles. The summed E-state index contributed by atoms with van der Waals surface area (Å²) in [6.45, 7) is 2.84. The van der Waals surface area contributed by atoms with Crippen LogP contribution < -0.4 is 20.1 Å². The van der Waals surface area contributed by atoms with Crippen LogP contribution in [0.15, 0.2) is 23.8 Å². The molecule has 5 nitrogen and oxygen atoms in total. The number of ether oxygens (including phenoxy) is 2. The van der Waals surface area contributed by atoms with Gasteiger partial charge in [0.25, 0.3) is 5.91 Å². The van der Waals surface area contributed by atoms with Crippen LogP contribution in [-0.2, 0) is 4.79 Å². The fraction of sp³-hybridized carbons (Fsp3) is 0.400. The third kappa shape index (κ3) is 3.11. The number of fused-ring (bicyclic) bond motifs is 1. The van der Waals surface area contributed by atoms with Crippen molar-refractivity contribution in [2.45, 2.75) is 13.0 Å². The summed E-state index contributed by atoms with van der Waals surface area (Å²) in [6.07, 6.45) is 1.85. The number of amides is 1. The van der Waals surface area contributed by atoms with E-state index >= 15 is 0 Å². The van der Waals surface area contributed by atoms with Gasteiger partial charge in [-0.2, -0.15) is 0 Å². The van der Waals surface area contributed by atoms with Gasteiger partial charge in [0.2, 0.25) is 0 Å². The number of carbonyl (C=O) groups is 1. The van der Waals surface area contributed by atoms with Crippen LogP contribution in [0.3, 0.4) is 0 Å². The zero-order valence-corrected chi connectivity index (χ0v) is 12.0. The molecule has 0 bridgehead atoms. The van der Waals surface area contributed by atoms with Crippen molar-refractivity contribution in [1.29, 1.82) is 0 Å². The van der Waals surface area contributed by atoms with Crippen LogP contribution in [0.1, 0.15) is 12.5 Å². The van der Waals surface area contributed by atoms with Crippen molar-refractivity contribution in [3.63, 3.8) is 0 Å². The maximum Gasteiger partial charge on any atom is 0.250 e. The summed E-state index contributed by atoms with van der Waals surface area (Å²) in [7, 11) is 3.46. The molecule has 108 valence electrons. The molecule has 1 amide bonds. The van der Waals surface area contributed by atoms with Gasteiger partial charge in [-0.3, -0.25) is 4.79 Å². The van der Waals surface area contributed by atoms with Gasteiger partial charge in [-0.15, -0.1) is 0 Å². The van der Waals surface area contributed by atoms with E-state index in [1.807, 2.05) is 38.2 Å². The van der Waals surface area contributed by atoms with Gasteiger partial charge in [-0.1, -0.05) is 12.1 Å². The van der Waals surface area contributed by atoms with E-state index in [0.29, 0.717) is 23.6 Å². The average Bonchev–Trinajstić information content (AvgIpc) is 2.50. The van der Waals surface area contributed by atoms with Gasteiger partial charge < -0.3 is 20.1 Å². The van der Waals surface area contributed by atoms with E-state index in [1.54, 1.807) is 7.11 Å². The molecule has 5 heteroatoms. The van der Waals surface area contributed by atoms with Crippen LogP contribution in [0.5, 0.6) is 11.5 Å². The van der Waals surface area contributed by atoms with Crippen molar-refractivity contribution in [1.82, 2.24) is 10.6 Å². The summed E-state index contributed by atoms with van der Waals surface area (Å²) in [4.78, 5) is 12.1. The second kappa shape index (κ2) is 6.43. The minimum atomic E-state index is -0.0967. The summed E-state index contributed by atoms with van der Waals surface area (Å²) in [5.41, 5.74) is 1.48. The predicted molar refractivity (Wildman–Crippen MR) is 78.0 cm³/mol. The van der Waals surface area contributed by atoms with Crippen molar-refractivity contribution < 1.29 is 14.3 Å². The number of para-hydroxylation sites is 1. The topological polar surface area (TPSA) is 59.6 Å². The summed E-state index contributed by atoms with van der Waals surface area (Å²) < 4.78 is 10.9. The average molecular weight is 276 g/mol. The molecule has 0 fully saturated rings. The molecular formula is C15H20N2O3. The standard InChI is InChI=1S/C15H20N2O3/c1-10(16-2)8-17-15(18)12-7-11-5-4-6-13(19-3)14(11)20-9-12/h4-7,10,16H,8-9H2,1-3H3,(H,17,18). The summed E-state index contributed by atoms with van der Waals surface area (Å²) in [6, 6.07) is 5.85. The number of hydrogen-bond acceptors (Lipinski definition) is 4. The number of nitrogens with one attached hydrogen (secondary N) is 2. The lowest BCUT2D eigenvalue weighted by Crippen LogP contribution is -2.38. The Morgan fingerprint density at radius 3 is 3.00 bits per heavy atom. The smallest absolute Gasteiger partial charge is 0.250 e. The zero-order valence-electron chi connectivity index (χ0n) is 12.0. The summed E-state index contributed by atoms with van der Waals surface area (Å²) >= 11 is 0. The van der Waals surface area contributed by atoms with Crippen molar-refractivity contribution in [2.75, 3.05) is 27.3 Å². The molecule has 1 atom stereocenters. The zero-order chi connectivity index (χ0) is 14.5. The second-order valence-corrected chi connectivity index (χ2v) is 4.74. The first-order valence-electron chi connectivity index (χ1n) is 6.61. The maximum absolute atomic E-state index is 12.1. The molecule has 2 N–H and O–H groups in total. The van der Waals surface area contributed by atoms with E-state index < -0.39 is 0 Å².